The fraction of sp³-hybridized carbons (Fsp3) is 0.400. The lowest BCUT2D eigenvalue weighted by atomic mass is 10.2. The lowest BCUT2D eigenvalue weighted by Gasteiger charge is -2.08. The summed E-state index contributed by atoms with van der Waals surface area (Å²) in [5.74, 6) is 1.45. The van der Waals surface area contributed by atoms with Crippen LogP contribution in [0.5, 0.6) is 5.75 Å². The standard InChI is InChI=1S/C15H18N4O3S/c1-21-11-6-3-2-5-10(11)16-13(20)9-23-15-17-14(18-19-15)12-7-4-8-22-12/h2-3,5-6,12H,4,7-9H2,1H3,(H,16,20)(H,17,18,19)/t12-/m0/s1. The second-order valence-corrected chi connectivity index (χ2v) is 5.98. The van der Waals surface area contributed by atoms with Crippen molar-refractivity contribution < 1.29 is 14.3 Å². The summed E-state index contributed by atoms with van der Waals surface area (Å²) in [4.78, 5) is 16.4. The Morgan fingerprint density at radius 2 is 2.39 bits per heavy atom. The summed E-state index contributed by atoms with van der Waals surface area (Å²) in [5.41, 5.74) is 0.649. The average Bonchev–Trinajstić information content (AvgIpc) is 3.24. The van der Waals surface area contributed by atoms with E-state index in [0.717, 1.165) is 25.3 Å². The molecule has 0 radical (unpaired) electrons. The number of hydrogen-bond donors (Lipinski definition) is 2. The molecule has 23 heavy (non-hydrogen) atoms. The summed E-state index contributed by atoms with van der Waals surface area (Å²) in [6, 6.07) is 7.29. The number of rotatable bonds is 6. The first kappa shape index (κ1) is 15.8. The van der Waals surface area contributed by atoms with Gasteiger partial charge in [0.15, 0.2) is 5.82 Å². The number of thioether (sulfide) groups is 1. The molecular weight excluding hydrogens is 316 g/mol. The van der Waals surface area contributed by atoms with Crippen LogP contribution in [0.4, 0.5) is 5.69 Å². The number of hydrogen-bond acceptors (Lipinski definition) is 6. The molecule has 0 saturated carbocycles. The average molecular weight is 334 g/mol. The monoisotopic (exact) mass is 334 g/mol. The summed E-state index contributed by atoms with van der Waals surface area (Å²) in [6.07, 6.45) is 1.99. The van der Waals surface area contributed by atoms with Gasteiger partial charge in [0.1, 0.15) is 11.9 Å². The van der Waals surface area contributed by atoms with Gasteiger partial charge in [-0.15, -0.1) is 5.10 Å². The van der Waals surface area contributed by atoms with E-state index < -0.39 is 0 Å². The zero-order valence-electron chi connectivity index (χ0n) is 12.7. The number of aromatic amines is 1. The molecule has 3 rings (SSSR count). The molecule has 0 bridgehead atoms. The minimum absolute atomic E-state index is 0.000688. The zero-order chi connectivity index (χ0) is 16.1. The fourth-order valence-corrected chi connectivity index (χ4v) is 2.93. The molecule has 1 amide bonds. The zero-order valence-corrected chi connectivity index (χ0v) is 13.6. The lowest BCUT2D eigenvalue weighted by molar-refractivity contribution is -0.113. The van der Waals surface area contributed by atoms with Crippen molar-refractivity contribution in [2.45, 2.75) is 24.1 Å². The van der Waals surface area contributed by atoms with E-state index in [2.05, 4.69) is 20.5 Å². The maximum absolute atomic E-state index is 12.0. The number of nitrogens with one attached hydrogen (secondary N) is 2. The third kappa shape index (κ3) is 4.02. The number of benzene rings is 1. The topological polar surface area (TPSA) is 89.1 Å². The highest BCUT2D eigenvalue weighted by Gasteiger charge is 2.21. The van der Waals surface area contributed by atoms with Gasteiger partial charge in [0, 0.05) is 6.61 Å². The molecule has 8 heteroatoms. The Morgan fingerprint density at radius 1 is 1.52 bits per heavy atom. The number of aromatic nitrogens is 3. The first-order valence-electron chi connectivity index (χ1n) is 7.36. The van der Waals surface area contributed by atoms with E-state index in [1.807, 2.05) is 12.1 Å². The van der Waals surface area contributed by atoms with E-state index in [1.54, 1.807) is 19.2 Å². The van der Waals surface area contributed by atoms with E-state index in [9.17, 15) is 4.79 Å². The number of methoxy groups -OCH3 is 1. The summed E-state index contributed by atoms with van der Waals surface area (Å²) >= 11 is 1.28. The second kappa shape index (κ2) is 7.47. The molecule has 0 spiro atoms. The maximum atomic E-state index is 12.0. The minimum atomic E-state index is -0.136. The number of para-hydroxylation sites is 2. The molecule has 7 nitrogen and oxygen atoms in total. The smallest absolute Gasteiger partial charge is 0.234 e. The number of carbonyl (C=O) groups is 1. The van der Waals surface area contributed by atoms with Gasteiger partial charge >= 0.3 is 0 Å². The predicted molar refractivity (Wildman–Crippen MR) is 86.7 cm³/mol. The first-order valence-corrected chi connectivity index (χ1v) is 8.34. The van der Waals surface area contributed by atoms with Crippen molar-refractivity contribution in [3.63, 3.8) is 0 Å². The van der Waals surface area contributed by atoms with Crippen molar-refractivity contribution in [2.24, 2.45) is 0 Å². The van der Waals surface area contributed by atoms with Crippen molar-refractivity contribution in [1.82, 2.24) is 15.2 Å². The largest absolute Gasteiger partial charge is 0.495 e. The van der Waals surface area contributed by atoms with Gasteiger partial charge in [-0.3, -0.25) is 9.89 Å². The van der Waals surface area contributed by atoms with E-state index in [0.29, 0.717) is 16.6 Å². The first-order chi connectivity index (χ1) is 11.3. The lowest BCUT2D eigenvalue weighted by Crippen LogP contribution is -2.14. The van der Waals surface area contributed by atoms with Crippen molar-refractivity contribution >= 4 is 23.4 Å². The Balaban J connectivity index is 1.52. The molecule has 1 aromatic heterocycles. The number of carbonyl (C=O) groups excluding carboxylic acids is 1. The van der Waals surface area contributed by atoms with Gasteiger partial charge in [0.2, 0.25) is 11.1 Å². The highest BCUT2D eigenvalue weighted by Crippen LogP contribution is 2.27. The quantitative estimate of drug-likeness (QED) is 0.789. The molecule has 1 atom stereocenters. The highest BCUT2D eigenvalue weighted by molar-refractivity contribution is 7.99. The molecule has 1 aliphatic heterocycles. The molecule has 1 saturated heterocycles. The maximum Gasteiger partial charge on any atom is 0.234 e. The van der Waals surface area contributed by atoms with Crippen molar-refractivity contribution in [2.75, 3.05) is 24.8 Å². The van der Waals surface area contributed by atoms with Gasteiger partial charge in [0.25, 0.3) is 0 Å². The van der Waals surface area contributed by atoms with Gasteiger partial charge < -0.3 is 14.8 Å². The number of H-pyrrole nitrogens is 1. The molecule has 0 aliphatic carbocycles. The van der Waals surface area contributed by atoms with Gasteiger partial charge in [0.05, 0.1) is 18.6 Å². The molecule has 2 aromatic rings. The van der Waals surface area contributed by atoms with E-state index in [4.69, 9.17) is 9.47 Å². The molecular formula is C15H18N4O3S. The van der Waals surface area contributed by atoms with Crippen LogP contribution in [0.15, 0.2) is 29.4 Å². The van der Waals surface area contributed by atoms with Crippen LogP contribution in [0.2, 0.25) is 0 Å². The van der Waals surface area contributed by atoms with Crippen molar-refractivity contribution in [3.05, 3.63) is 30.1 Å². The molecule has 2 heterocycles. The summed E-state index contributed by atoms with van der Waals surface area (Å²) in [6.45, 7) is 0.759. The minimum Gasteiger partial charge on any atom is -0.495 e. The highest BCUT2D eigenvalue weighted by atomic mass is 32.2. The van der Waals surface area contributed by atoms with Crippen LogP contribution in [0.3, 0.4) is 0 Å². The van der Waals surface area contributed by atoms with Gasteiger partial charge in [-0.05, 0) is 25.0 Å². The molecule has 1 aromatic carbocycles. The van der Waals surface area contributed by atoms with Crippen LogP contribution in [0, 0.1) is 0 Å². The van der Waals surface area contributed by atoms with Gasteiger partial charge in [-0.2, -0.15) is 0 Å². The number of ether oxygens (including phenoxy) is 2. The Labute approximate surface area is 138 Å². The van der Waals surface area contributed by atoms with Crippen LogP contribution in [-0.2, 0) is 9.53 Å². The van der Waals surface area contributed by atoms with Gasteiger partial charge in [-0.25, -0.2) is 4.98 Å². The molecule has 2 N–H and O–H groups in total. The number of amides is 1. The predicted octanol–water partition coefficient (Wildman–Crippen LogP) is 2.40. The summed E-state index contributed by atoms with van der Waals surface area (Å²) < 4.78 is 10.8. The van der Waals surface area contributed by atoms with Crippen LogP contribution < -0.4 is 10.1 Å². The van der Waals surface area contributed by atoms with E-state index in [1.165, 1.54) is 11.8 Å². The third-order valence-electron chi connectivity index (χ3n) is 3.43. The van der Waals surface area contributed by atoms with Crippen molar-refractivity contribution in [3.8, 4) is 5.75 Å². The van der Waals surface area contributed by atoms with Crippen LogP contribution in [-0.4, -0.2) is 40.6 Å². The molecule has 122 valence electrons. The Morgan fingerprint density at radius 3 is 3.17 bits per heavy atom. The van der Waals surface area contributed by atoms with Crippen molar-refractivity contribution in [1.29, 1.82) is 0 Å². The SMILES string of the molecule is COc1ccccc1NC(=O)CSc1n[nH]c([C@@H]2CCCO2)n1. The summed E-state index contributed by atoms with van der Waals surface area (Å²) in [7, 11) is 1.57. The van der Waals surface area contributed by atoms with E-state index in [-0.39, 0.29) is 17.8 Å². The fourth-order valence-electron chi connectivity index (χ4n) is 2.32. The molecule has 1 fully saturated rings. The molecule has 1 aliphatic rings. The Hall–Kier alpha value is -2.06. The van der Waals surface area contributed by atoms with Crippen LogP contribution in [0.1, 0.15) is 24.8 Å². The normalized spacial score (nSPS) is 17.2. The summed E-state index contributed by atoms with van der Waals surface area (Å²) in [5, 5.41) is 10.4. The third-order valence-corrected chi connectivity index (χ3v) is 4.28. The van der Waals surface area contributed by atoms with Gasteiger partial charge in [-0.1, -0.05) is 23.9 Å². The van der Waals surface area contributed by atoms with Crippen LogP contribution >= 0.6 is 11.8 Å². The number of anilines is 1. The van der Waals surface area contributed by atoms with Crippen LogP contribution in [0.25, 0.3) is 0 Å². The Bertz CT molecular complexity index is 670. The Kier molecular flexibility index (Phi) is 5.14. The molecule has 0 unspecified atom stereocenters. The number of nitrogens with zero attached hydrogens (tertiary/aromatic N) is 2. The van der Waals surface area contributed by atoms with E-state index >= 15 is 0 Å². The second-order valence-electron chi connectivity index (χ2n) is 5.04.